The topological polar surface area (TPSA) is 81.8 Å². The zero-order valence-electron chi connectivity index (χ0n) is 16.5. The molecule has 0 atom stereocenters. The van der Waals surface area contributed by atoms with E-state index in [1.807, 2.05) is 62.4 Å². The Kier molecular flexibility index (Phi) is 4.72. The largest absolute Gasteiger partial charge is 0.324 e. The number of benzene rings is 2. The predicted molar refractivity (Wildman–Crippen MR) is 112 cm³/mol. The van der Waals surface area contributed by atoms with E-state index in [1.54, 1.807) is 17.8 Å². The first-order valence-corrected chi connectivity index (χ1v) is 9.32. The van der Waals surface area contributed by atoms with Gasteiger partial charge in [-0.3, -0.25) is 9.59 Å². The van der Waals surface area contributed by atoms with E-state index in [-0.39, 0.29) is 18.0 Å². The molecule has 0 aliphatic rings. The lowest BCUT2D eigenvalue weighted by molar-refractivity contribution is -0.117. The lowest BCUT2D eigenvalue weighted by atomic mass is 10.2. The lowest BCUT2D eigenvalue weighted by Crippen LogP contribution is -2.31. The van der Waals surface area contributed by atoms with Gasteiger partial charge in [0.15, 0.2) is 0 Å². The average molecular weight is 387 g/mol. The first-order chi connectivity index (χ1) is 13.9. The number of anilines is 1. The van der Waals surface area contributed by atoms with Crippen molar-refractivity contribution in [2.45, 2.75) is 27.3 Å². The Hall–Kier alpha value is -3.74. The smallest absolute Gasteiger partial charge is 0.293 e. The summed E-state index contributed by atoms with van der Waals surface area (Å²) in [5, 5.41) is 12.2. The third kappa shape index (κ3) is 3.54. The molecule has 29 heavy (non-hydrogen) atoms. The van der Waals surface area contributed by atoms with Gasteiger partial charge in [-0.25, -0.2) is 9.36 Å². The van der Waals surface area contributed by atoms with Crippen molar-refractivity contribution in [3.63, 3.8) is 0 Å². The molecule has 0 spiro atoms. The summed E-state index contributed by atoms with van der Waals surface area (Å²) in [5.41, 5.74) is 4.24. The van der Waals surface area contributed by atoms with E-state index in [0.29, 0.717) is 22.3 Å². The van der Waals surface area contributed by atoms with Gasteiger partial charge in [0, 0.05) is 11.1 Å². The van der Waals surface area contributed by atoms with Crippen molar-refractivity contribution in [2.75, 3.05) is 5.32 Å². The average Bonchev–Trinajstić information content (AvgIpc) is 3.12. The molecule has 0 unspecified atom stereocenters. The van der Waals surface area contributed by atoms with Gasteiger partial charge in [-0.15, -0.1) is 0 Å². The van der Waals surface area contributed by atoms with Crippen LogP contribution in [0.1, 0.15) is 16.8 Å². The minimum atomic E-state index is -0.356. The highest BCUT2D eigenvalue weighted by atomic mass is 16.2. The van der Waals surface area contributed by atoms with Crippen molar-refractivity contribution in [1.29, 1.82) is 0 Å². The number of amides is 1. The fourth-order valence-electron chi connectivity index (χ4n) is 3.37. The van der Waals surface area contributed by atoms with Gasteiger partial charge in [-0.05, 0) is 50.1 Å². The van der Waals surface area contributed by atoms with Crippen molar-refractivity contribution in [1.82, 2.24) is 19.6 Å². The van der Waals surface area contributed by atoms with Crippen LogP contribution in [0.5, 0.6) is 0 Å². The Morgan fingerprint density at radius 3 is 2.62 bits per heavy atom. The maximum absolute atomic E-state index is 13.1. The Balaban J connectivity index is 1.73. The molecule has 4 aromatic rings. The third-order valence-electron chi connectivity index (χ3n) is 4.81. The van der Waals surface area contributed by atoms with Crippen molar-refractivity contribution >= 4 is 22.5 Å². The molecule has 146 valence electrons. The van der Waals surface area contributed by atoms with Gasteiger partial charge < -0.3 is 5.32 Å². The van der Waals surface area contributed by atoms with Crippen LogP contribution in [0, 0.1) is 20.8 Å². The zero-order valence-corrected chi connectivity index (χ0v) is 16.5. The second-order valence-corrected chi connectivity index (χ2v) is 7.07. The van der Waals surface area contributed by atoms with E-state index >= 15 is 0 Å². The number of carbonyl (C=O) groups excluding carboxylic acids is 1. The van der Waals surface area contributed by atoms with Gasteiger partial charge in [0.2, 0.25) is 5.91 Å². The number of rotatable bonds is 4. The number of fused-ring (bicyclic) bond motifs is 1. The second-order valence-electron chi connectivity index (χ2n) is 7.07. The molecule has 0 fully saturated rings. The van der Waals surface area contributed by atoms with Crippen molar-refractivity contribution in [3.05, 3.63) is 81.9 Å². The maximum Gasteiger partial charge on any atom is 0.293 e. The van der Waals surface area contributed by atoms with Gasteiger partial charge in [0.1, 0.15) is 12.1 Å². The van der Waals surface area contributed by atoms with Crippen molar-refractivity contribution in [2.24, 2.45) is 0 Å². The highest BCUT2D eigenvalue weighted by molar-refractivity contribution is 5.91. The number of carbonyl (C=O) groups is 1. The fraction of sp³-hybridized carbons (Fsp3) is 0.182. The molecule has 2 heterocycles. The maximum atomic E-state index is 13.1. The van der Waals surface area contributed by atoms with E-state index in [0.717, 1.165) is 16.8 Å². The van der Waals surface area contributed by atoms with Gasteiger partial charge in [-0.1, -0.05) is 30.3 Å². The van der Waals surface area contributed by atoms with E-state index in [2.05, 4.69) is 15.5 Å². The van der Waals surface area contributed by atoms with Crippen LogP contribution in [0.2, 0.25) is 0 Å². The monoisotopic (exact) mass is 387 g/mol. The van der Waals surface area contributed by atoms with Crippen LogP contribution in [0.25, 0.3) is 16.6 Å². The highest BCUT2D eigenvalue weighted by Gasteiger charge is 2.17. The van der Waals surface area contributed by atoms with Crippen LogP contribution >= 0.6 is 0 Å². The number of aromatic nitrogens is 4. The molecular formula is C22H21N5O2. The number of nitrogens with zero attached hydrogens (tertiary/aromatic N) is 4. The minimum Gasteiger partial charge on any atom is -0.324 e. The molecule has 7 nitrogen and oxygen atoms in total. The number of hydrogen-bond donors (Lipinski definition) is 1. The van der Waals surface area contributed by atoms with Crippen LogP contribution in [0.3, 0.4) is 0 Å². The van der Waals surface area contributed by atoms with E-state index in [9.17, 15) is 9.59 Å². The molecule has 0 bridgehead atoms. The van der Waals surface area contributed by atoms with Crippen LogP contribution in [0.4, 0.5) is 5.69 Å². The Bertz CT molecular complexity index is 1290. The number of para-hydroxylation sites is 1. The van der Waals surface area contributed by atoms with Gasteiger partial charge in [0.25, 0.3) is 5.56 Å². The van der Waals surface area contributed by atoms with E-state index in [4.69, 9.17) is 0 Å². The van der Waals surface area contributed by atoms with Crippen molar-refractivity contribution in [3.8, 4) is 5.69 Å². The van der Waals surface area contributed by atoms with E-state index < -0.39 is 0 Å². The van der Waals surface area contributed by atoms with Crippen molar-refractivity contribution < 1.29 is 4.79 Å². The van der Waals surface area contributed by atoms with E-state index in [1.165, 1.54) is 4.68 Å². The quantitative estimate of drug-likeness (QED) is 0.583. The summed E-state index contributed by atoms with van der Waals surface area (Å²) in [4.78, 5) is 25.7. The molecule has 1 amide bonds. The molecule has 0 saturated carbocycles. The van der Waals surface area contributed by atoms with Gasteiger partial charge in [-0.2, -0.15) is 10.2 Å². The molecule has 0 aliphatic carbocycles. The summed E-state index contributed by atoms with van der Waals surface area (Å²) >= 11 is 0. The zero-order chi connectivity index (χ0) is 20.5. The first kappa shape index (κ1) is 18.6. The molecule has 0 aliphatic heterocycles. The minimum absolute atomic E-state index is 0.178. The molecule has 4 rings (SSSR count). The number of hydrogen-bond acceptors (Lipinski definition) is 4. The summed E-state index contributed by atoms with van der Waals surface area (Å²) in [6.45, 7) is 5.54. The SMILES string of the molecule is Cc1cccc(NC(=O)Cn2nc(C)c3cnn(-c4ccccc4C)c3c2=O)c1. The molecule has 2 aromatic carbocycles. The van der Waals surface area contributed by atoms with Crippen LogP contribution in [-0.2, 0) is 11.3 Å². The van der Waals surface area contributed by atoms with Gasteiger partial charge in [0.05, 0.1) is 17.6 Å². The molecule has 0 saturated heterocycles. The molecule has 0 radical (unpaired) electrons. The Morgan fingerprint density at radius 1 is 1.07 bits per heavy atom. The summed E-state index contributed by atoms with van der Waals surface area (Å²) in [7, 11) is 0. The summed E-state index contributed by atoms with van der Waals surface area (Å²) < 4.78 is 2.82. The van der Waals surface area contributed by atoms with Crippen LogP contribution < -0.4 is 10.9 Å². The van der Waals surface area contributed by atoms with Crippen LogP contribution in [-0.4, -0.2) is 25.5 Å². The normalized spacial score (nSPS) is 11.0. The highest BCUT2D eigenvalue weighted by Crippen LogP contribution is 2.19. The fourth-order valence-corrected chi connectivity index (χ4v) is 3.37. The molecular weight excluding hydrogens is 366 g/mol. The summed E-state index contributed by atoms with van der Waals surface area (Å²) in [6, 6.07) is 15.2. The number of aryl methyl sites for hydroxylation is 3. The Labute approximate surface area is 167 Å². The second kappa shape index (κ2) is 7.35. The molecule has 7 heteroatoms. The summed E-state index contributed by atoms with van der Waals surface area (Å²) in [5.74, 6) is -0.314. The lowest BCUT2D eigenvalue weighted by Gasteiger charge is -2.10. The standard InChI is InChI=1S/C22H21N5O2/c1-14-7-6-9-17(11-14)24-20(28)13-26-22(29)21-18(16(3)25-26)12-23-27(21)19-10-5-4-8-15(19)2/h4-12H,13H2,1-3H3,(H,24,28). The predicted octanol–water partition coefficient (Wildman–Crippen LogP) is 3.15. The first-order valence-electron chi connectivity index (χ1n) is 9.32. The Morgan fingerprint density at radius 2 is 1.86 bits per heavy atom. The molecule has 2 aromatic heterocycles. The summed E-state index contributed by atoms with van der Waals surface area (Å²) in [6.07, 6.45) is 1.64. The number of nitrogens with one attached hydrogen (secondary N) is 1. The molecule has 1 N–H and O–H groups in total. The third-order valence-corrected chi connectivity index (χ3v) is 4.81. The van der Waals surface area contributed by atoms with Gasteiger partial charge >= 0.3 is 0 Å². The van der Waals surface area contributed by atoms with Crippen LogP contribution in [0.15, 0.2) is 59.5 Å².